The summed E-state index contributed by atoms with van der Waals surface area (Å²) < 4.78 is 51.2. The van der Waals surface area contributed by atoms with Gasteiger partial charge in [0.2, 0.25) is 21.8 Å². The Morgan fingerprint density at radius 3 is 2.27 bits per heavy atom. The number of sulfonamides is 1. The van der Waals surface area contributed by atoms with Gasteiger partial charge in [0, 0.05) is 38.5 Å². The molecule has 11 heteroatoms. The molecule has 0 saturated carbocycles. The van der Waals surface area contributed by atoms with Gasteiger partial charge in [-0.15, -0.1) is 0 Å². The van der Waals surface area contributed by atoms with E-state index in [2.05, 4.69) is 15.4 Å². The molecule has 0 aliphatic carbocycles. The zero-order valence-electron chi connectivity index (χ0n) is 17.9. The van der Waals surface area contributed by atoms with E-state index >= 15 is 0 Å². The number of carbonyl (C=O) groups is 2. The van der Waals surface area contributed by atoms with E-state index < -0.39 is 10.0 Å². The molecule has 0 radical (unpaired) electrons. The summed E-state index contributed by atoms with van der Waals surface area (Å²) in [5, 5.41) is 5.26. The second kappa shape index (κ2) is 11.6. The van der Waals surface area contributed by atoms with Crippen molar-refractivity contribution in [3.8, 4) is 11.5 Å². The third-order valence-corrected chi connectivity index (χ3v) is 6.18. The first-order valence-corrected chi connectivity index (χ1v) is 12.0. The smallest absolute Gasteiger partial charge is 0.240 e. The summed E-state index contributed by atoms with van der Waals surface area (Å²) in [6, 6.07) is 10.0. The standard InChI is InChI=1S/C22H26FN3O6S/c23-17-4-2-16(3-5-17)14-22(28)25-11-10-24-21(27)8-9-26-33(29,30)18-6-7-19-20(15-18)32-13-1-12-31-19/h2-7,15,26H,1,8-14H2,(H,24,27)(H,25,28). The highest BCUT2D eigenvalue weighted by Gasteiger charge is 2.19. The van der Waals surface area contributed by atoms with Crippen molar-refractivity contribution in [2.45, 2.75) is 24.2 Å². The van der Waals surface area contributed by atoms with Crippen molar-refractivity contribution >= 4 is 21.8 Å². The molecule has 1 heterocycles. The molecule has 1 aliphatic heterocycles. The van der Waals surface area contributed by atoms with Crippen LogP contribution >= 0.6 is 0 Å². The van der Waals surface area contributed by atoms with Crippen LogP contribution in [-0.2, 0) is 26.0 Å². The quantitative estimate of drug-likeness (QED) is 0.439. The minimum atomic E-state index is -3.82. The summed E-state index contributed by atoms with van der Waals surface area (Å²) in [5.41, 5.74) is 0.679. The van der Waals surface area contributed by atoms with E-state index in [0.29, 0.717) is 36.7 Å². The molecule has 2 aromatic rings. The van der Waals surface area contributed by atoms with Gasteiger partial charge < -0.3 is 20.1 Å². The molecule has 0 spiro atoms. The highest BCUT2D eigenvalue weighted by molar-refractivity contribution is 7.89. The molecule has 2 amide bonds. The Bertz CT molecular complexity index is 1080. The predicted molar refractivity (Wildman–Crippen MR) is 118 cm³/mol. The molecule has 0 saturated heterocycles. The average Bonchev–Trinajstić information content (AvgIpc) is 3.03. The minimum absolute atomic E-state index is 0.0241. The van der Waals surface area contributed by atoms with E-state index in [-0.39, 0.29) is 55.0 Å². The topological polar surface area (TPSA) is 123 Å². The number of hydrogen-bond acceptors (Lipinski definition) is 6. The number of hydrogen-bond donors (Lipinski definition) is 3. The second-order valence-corrected chi connectivity index (χ2v) is 9.08. The molecule has 3 N–H and O–H groups in total. The van der Waals surface area contributed by atoms with Crippen molar-refractivity contribution < 1.29 is 31.9 Å². The van der Waals surface area contributed by atoms with Crippen molar-refractivity contribution in [1.29, 1.82) is 0 Å². The van der Waals surface area contributed by atoms with E-state index in [1.165, 1.54) is 36.4 Å². The molecular weight excluding hydrogens is 453 g/mol. The van der Waals surface area contributed by atoms with Crippen LogP contribution in [0.4, 0.5) is 4.39 Å². The summed E-state index contributed by atoms with van der Waals surface area (Å²) in [5.74, 6) is -0.112. The van der Waals surface area contributed by atoms with Gasteiger partial charge in [0.15, 0.2) is 11.5 Å². The normalized spacial score (nSPS) is 13.1. The average molecular weight is 480 g/mol. The SMILES string of the molecule is O=C(CCNS(=O)(=O)c1ccc2c(c1)OCCCO2)NCCNC(=O)Cc1ccc(F)cc1. The number of ether oxygens (including phenoxy) is 2. The summed E-state index contributed by atoms with van der Waals surface area (Å²) in [6.07, 6.45) is 0.755. The molecular formula is C22H26FN3O6S. The van der Waals surface area contributed by atoms with Gasteiger partial charge in [-0.3, -0.25) is 9.59 Å². The Balaban J connectivity index is 1.34. The van der Waals surface area contributed by atoms with Gasteiger partial charge in [0.05, 0.1) is 24.5 Å². The van der Waals surface area contributed by atoms with Gasteiger partial charge in [0.1, 0.15) is 5.82 Å². The number of nitrogens with one attached hydrogen (secondary N) is 3. The summed E-state index contributed by atoms with van der Waals surface area (Å²) >= 11 is 0. The van der Waals surface area contributed by atoms with Crippen molar-refractivity contribution in [2.24, 2.45) is 0 Å². The molecule has 0 atom stereocenters. The Hall–Kier alpha value is -3.18. The lowest BCUT2D eigenvalue weighted by molar-refractivity contribution is -0.122. The van der Waals surface area contributed by atoms with E-state index in [4.69, 9.17) is 9.47 Å². The Kier molecular flexibility index (Phi) is 8.61. The second-order valence-electron chi connectivity index (χ2n) is 7.31. The third-order valence-electron chi connectivity index (χ3n) is 4.72. The van der Waals surface area contributed by atoms with Crippen LogP contribution in [0, 0.1) is 5.82 Å². The van der Waals surface area contributed by atoms with Crippen LogP contribution in [0.2, 0.25) is 0 Å². The van der Waals surface area contributed by atoms with E-state index in [1.807, 2.05) is 0 Å². The highest BCUT2D eigenvalue weighted by Crippen LogP contribution is 2.31. The van der Waals surface area contributed by atoms with E-state index in [1.54, 1.807) is 6.07 Å². The zero-order chi connectivity index (χ0) is 23.7. The monoisotopic (exact) mass is 479 g/mol. The minimum Gasteiger partial charge on any atom is -0.490 e. The fourth-order valence-electron chi connectivity index (χ4n) is 3.04. The number of amides is 2. The Labute approximate surface area is 191 Å². The molecule has 1 aliphatic rings. The van der Waals surface area contributed by atoms with E-state index in [9.17, 15) is 22.4 Å². The molecule has 0 aromatic heterocycles. The van der Waals surface area contributed by atoms with Crippen LogP contribution in [0.1, 0.15) is 18.4 Å². The first kappa shape index (κ1) is 24.5. The van der Waals surface area contributed by atoms with Crippen molar-refractivity contribution in [2.75, 3.05) is 32.8 Å². The summed E-state index contributed by atoms with van der Waals surface area (Å²) in [7, 11) is -3.82. The number of halogens is 1. The van der Waals surface area contributed by atoms with Crippen LogP contribution in [0.25, 0.3) is 0 Å². The number of benzene rings is 2. The lowest BCUT2D eigenvalue weighted by Crippen LogP contribution is -2.36. The molecule has 3 rings (SSSR count). The van der Waals surface area contributed by atoms with Gasteiger partial charge in [0.25, 0.3) is 0 Å². The number of rotatable bonds is 10. The first-order chi connectivity index (χ1) is 15.8. The maximum atomic E-state index is 12.9. The van der Waals surface area contributed by atoms with Crippen LogP contribution < -0.4 is 24.8 Å². The molecule has 9 nitrogen and oxygen atoms in total. The summed E-state index contributed by atoms with van der Waals surface area (Å²) in [4.78, 5) is 23.8. The maximum absolute atomic E-state index is 12.9. The van der Waals surface area contributed by atoms with E-state index in [0.717, 1.165) is 0 Å². The third kappa shape index (κ3) is 7.72. The highest BCUT2D eigenvalue weighted by atomic mass is 32.2. The number of fused-ring (bicyclic) bond motifs is 1. The van der Waals surface area contributed by atoms with Gasteiger partial charge >= 0.3 is 0 Å². The van der Waals surface area contributed by atoms with Crippen LogP contribution in [0.5, 0.6) is 11.5 Å². The largest absolute Gasteiger partial charge is 0.490 e. The van der Waals surface area contributed by atoms with Gasteiger partial charge in [-0.2, -0.15) is 0 Å². The molecule has 178 valence electrons. The molecule has 0 unspecified atom stereocenters. The lowest BCUT2D eigenvalue weighted by Gasteiger charge is -2.11. The Morgan fingerprint density at radius 2 is 1.55 bits per heavy atom. The van der Waals surface area contributed by atoms with Crippen molar-refractivity contribution in [3.63, 3.8) is 0 Å². The van der Waals surface area contributed by atoms with Crippen LogP contribution in [0.3, 0.4) is 0 Å². The van der Waals surface area contributed by atoms with Crippen molar-refractivity contribution in [1.82, 2.24) is 15.4 Å². The van der Waals surface area contributed by atoms with Gasteiger partial charge in [-0.1, -0.05) is 12.1 Å². The maximum Gasteiger partial charge on any atom is 0.240 e. The summed E-state index contributed by atoms with van der Waals surface area (Å²) in [6.45, 7) is 1.28. The molecule has 2 aromatic carbocycles. The van der Waals surface area contributed by atoms with Crippen molar-refractivity contribution in [3.05, 3.63) is 53.8 Å². The predicted octanol–water partition coefficient (Wildman–Crippen LogP) is 1.13. The first-order valence-electron chi connectivity index (χ1n) is 10.5. The Morgan fingerprint density at radius 1 is 0.879 bits per heavy atom. The molecule has 0 fully saturated rings. The van der Waals surface area contributed by atoms with Gasteiger partial charge in [-0.05, 0) is 29.8 Å². The number of carbonyl (C=O) groups excluding carboxylic acids is 2. The van der Waals surface area contributed by atoms with Gasteiger partial charge in [-0.25, -0.2) is 17.5 Å². The fraction of sp³-hybridized carbons (Fsp3) is 0.364. The van der Waals surface area contributed by atoms with Crippen LogP contribution in [-0.4, -0.2) is 53.1 Å². The molecule has 0 bridgehead atoms. The molecule has 33 heavy (non-hydrogen) atoms. The zero-order valence-corrected chi connectivity index (χ0v) is 18.8. The van der Waals surface area contributed by atoms with Crippen LogP contribution in [0.15, 0.2) is 47.4 Å². The lowest BCUT2D eigenvalue weighted by atomic mass is 10.1. The fourth-order valence-corrected chi connectivity index (χ4v) is 4.08.